The quantitative estimate of drug-likeness (QED) is 0.544. The van der Waals surface area contributed by atoms with Gasteiger partial charge in [-0.1, -0.05) is 0 Å². The average molecular weight is 143 g/mol. The summed E-state index contributed by atoms with van der Waals surface area (Å²) in [5.74, 6) is -0.0500. The van der Waals surface area contributed by atoms with E-state index < -0.39 is 0 Å². The topological polar surface area (TPSA) is 49.3 Å². The molecule has 2 N–H and O–H groups in total. The number of carbonyl (C=O) groups is 1. The SMILES string of the molecule is CC(=O)N[C@@H]1CCC[C@@H]1O. The number of hydrogen-bond acceptors (Lipinski definition) is 2. The Labute approximate surface area is 60.4 Å². The van der Waals surface area contributed by atoms with Crippen LogP contribution in [-0.2, 0) is 4.79 Å². The van der Waals surface area contributed by atoms with Crippen molar-refractivity contribution in [1.82, 2.24) is 5.32 Å². The highest BCUT2D eigenvalue weighted by molar-refractivity contribution is 5.73. The molecule has 3 heteroatoms. The van der Waals surface area contributed by atoms with E-state index in [9.17, 15) is 9.90 Å². The van der Waals surface area contributed by atoms with E-state index in [2.05, 4.69) is 5.32 Å². The summed E-state index contributed by atoms with van der Waals surface area (Å²) in [6, 6.07) is 0.0116. The van der Waals surface area contributed by atoms with E-state index in [0.717, 1.165) is 19.3 Å². The maximum absolute atomic E-state index is 10.5. The molecule has 0 aromatic carbocycles. The molecule has 0 spiro atoms. The second kappa shape index (κ2) is 3.01. The van der Waals surface area contributed by atoms with E-state index in [4.69, 9.17) is 0 Å². The van der Waals surface area contributed by atoms with E-state index in [1.54, 1.807) is 0 Å². The van der Waals surface area contributed by atoms with Gasteiger partial charge in [0.15, 0.2) is 0 Å². The van der Waals surface area contributed by atoms with Crippen molar-refractivity contribution in [2.24, 2.45) is 0 Å². The standard InChI is InChI=1S/C7H13NO2/c1-5(9)8-6-3-2-4-7(6)10/h6-7,10H,2-4H2,1H3,(H,8,9)/t6-,7+/m1/s1. The minimum absolute atomic E-state index is 0.0116. The third-order valence-corrected chi connectivity index (χ3v) is 1.87. The molecule has 10 heavy (non-hydrogen) atoms. The van der Waals surface area contributed by atoms with Crippen LogP contribution >= 0.6 is 0 Å². The van der Waals surface area contributed by atoms with Crippen molar-refractivity contribution >= 4 is 5.91 Å². The van der Waals surface area contributed by atoms with Gasteiger partial charge in [0.1, 0.15) is 0 Å². The fourth-order valence-electron chi connectivity index (χ4n) is 1.37. The Bertz CT molecular complexity index is 136. The van der Waals surface area contributed by atoms with Gasteiger partial charge in [-0.05, 0) is 19.3 Å². The van der Waals surface area contributed by atoms with Crippen molar-refractivity contribution in [3.05, 3.63) is 0 Å². The lowest BCUT2D eigenvalue weighted by Crippen LogP contribution is -2.38. The number of rotatable bonds is 1. The van der Waals surface area contributed by atoms with Crippen LogP contribution in [0.2, 0.25) is 0 Å². The summed E-state index contributed by atoms with van der Waals surface area (Å²) in [6.07, 6.45) is 2.45. The minimum Gasteiger partial charge on any atom is -0.391 e. The van der Waals surface area contributed by atoms with Gasteiger partial charge in [-0.2, -0.15) is 0 Å². The Hall–Kier alpha value is -0.570. The summed E-state index contributed by atoms with van der Waals surface area (Å²) < 4.78 is 0. The Morgan fingerprint density at radius 3 is 2.70 bits per heavy atom. The van der Waals surface area contributed by atoms with Gasteiger partial charge in [0.2, 0.25) is 5.91 Å². The van der Waals surface area contributed by atoms with Crippen molar-refractivity contribution in [1.29, 1.82) is 0 Å². The molecule has 3 nitrogen and oxygen atoms in total. The zero-order valence-electron chi connectivity index (χ0n) is 6.13. The maximum Gasteiger partial charge on any atom is 0.217 e. The summed E-state index contributed by atoms with van der Waals surface area (Å²) in [7, 11) is 0. The van der Waals surface area contributed by atoms with Crippen LogP contribution in [-0.4, -0.2) is 23.2 Å². The normalized spacial score (nSPS) is 32.2. The fraction of sp³-hybridized carbons (Fsp3) is 0.857. The maximum atomic E-state index is 10.5. The van der Waals surface area contributed by atoms with E-state index in [-0.39, 0.29) is 18.1 Å². The van der Waals surface area contributed by atoms with Gasteiger partial charge >= 0.3 is 0 Å². The summed E-state index contributed by atoms with van der Waals surface area (Å²) in [5.41, 5.74) is 0. The number of amides is 1. The van der Waals surface area contributed by atoms with Crippen LogP contribution in [0.25, 0.3) is 0 Å². The monoisotopic (exact) mass is 143 g/mol. The third-order valence-electron chi connectivity index (χ3n) is 1.87. The van der Waals surface area contributed by atoms with Gasteiger partial charge < -0.3 is 10.4 Å². The summed E-state index contributed by atoms with van der Waals surface area (Å²) >= 11 is 0. The van der Waals surface area contributed by atoms with Crippen molar-refractivity contribution < 1.29 is 9.90 Å². The van der Waals surface area contributed by atoms with Crippen molar-refractivity contribution in [2.45, 2.75) is 38.3 Å². The molecule has 0 unspecified atom stereocenters. The van der Waals surface area contributed by atoms with Crippen molar-refractivity contribution in [3.63, 3.8) is 0 Å². The van der Waals surface area contributed by atoms with Gasteiger partial charge in [-0.15, -0.1) is 0 Å². The molecule has 0 aliphatic heterocycles. The van der Waals surface area contributed by atoms with Gasteiger partial charge in [0.25, 0.3) is 0 Å². The van der Waals surface area contributed by atoms with E-state index in [0.29, 0.717) is 0 Å². The molecule has 0 radical (unpaired) electrons. The minimum atomic E-state index is -0.316. The summed E-state index contributed by atoms with van der Waals surface area (Å²) in [4.78, 5) is 10.5. The largest absolute Gasteiger partial charge is 0.391 e. The Morgan fingerprint density at radius 2 is 2.30 bits per heavy atom. The Kier molecular flexibility index (Phi) is 2.27. The number of aliphatic hydroxyl groups excluding tert-OH is 1. The molecule has 1 saturated carbocycles. The zero-order chi connectivity index (χ0) is 7.56. The average Bonchev–Trinajstić information content (AvgIpc) is 2.15. The number of aliphatic hydroxyl groups is 1. The predicted molar refractivity (Wildman–Crippen MR) is 37.5 cm³/mol. The molecule has 2 atom stereocenters. The van der Waals surface area contributed by atoms with Crippen LogP contribution in [0.5, 0.6) is 0 Å². The van der Waals surface area contributed by atoms with Crippen LogP contribution in [0.1, 0.15) is 26.2 Å². The molecule has 1 amide bonds. The smallest absolute Gasteiger partial charge is 0.217 e. The molecular formula is C7H13NO2. The zero-order valence-corrected chi connectivity index (χ0v) is 6.13. The first-order valence-electron chi connectivity index (χ1n) is 3.65. The Morgan fingerprint density at radius 1 is 1.60 bits per heavy atom. The summed E-state index contributed by atoms with van der Waals surface area (Å²) in [6.45, 7) is 1.48. The van der Waals surface area contributed by atoms with Crippen LogP contribution < -0.4 is 5.32 Å². The van der Waals surface area contributed by atoms with Crippen LogP contribution in [0.3, 0.4) is 0 Å². The highest BCUT2D eigenvalue weighted by atomic mass is 16.3. The number of nitrogens with one attached hydrogen (secondary N) is 1. The lowest BCUT2D eigenvalue weighted by Gasteiger charge is -2.14. The Balaban J connectivity index is 2.33. The first-order valence-corrected chi connectivity index (χ1v) is 3.65. The van der Waals surface area contributed by atoms with Gasteiger partial charge in [0.05, 0.1) is 12.1 Å². The van der Waals surface area contributed by atoms with Gasteiger partial charge in [-0.3, -0.25) is 4.79 Å². The van der Waals surface area contributed by atoms with Gasteiger partial charge in [0, 0.05) is 6.92 Å². The molecule has 1 fully saturated rings. The van der Waals surface area contributed by atoms with E-state index in [1.807, 2.05) is 0 Å². The second-order valence-corrected chi connectivity index (χ2v) is 2.81. The lowest BCUT2D eigenvalue weighted by atomic mass is 10.2. The molecule has 58 valence electrons. The summed E-state index contributed by atoms with van der Waals surface area (Å²) in [5, 5.41) is 11.9. The number of hydrogen-bond donors (Lipinski definition) is 2. The van der Waals surface area contributed by atoms with Gasteiger partial charge in [-0.25, -0.2) is 0 Å². The predicted octanol–water partition coefficient (Wildman–Crippen LogP) is 0.0359. The molecule has 1 aliphatic carbocycles. The van der Waals surface area contributed by atoms with E-state index >= 15 is 0 Å². The first-order chi connectivity index (χ1) is 4.70. The molecule has 0 heterocycles. The molecule has 1 aliphatic rings. The lowest BCUT2D eigenvalue weighted by molar-refractivity contribution is -0.120. The van der Waals surface area contributed by atoms with Crippen LogP contribution in [0, 0.1) is 0 Å². The van der Waals surface area contributed by atoms with Crippen LogP contribution in [0.15, 0.2) is 0 Å². The highest BCUT2D eigenvalue weighted by Crippen LogP contribution is 2.18. The van der Waals surface area contributed by atoms with E-state index in [1.165, 1.54) is 6.92 Å². The fourth-order valence-corrected chi connectivity index (χ4v) is 1.37. The van der Waals surface area contributed by atoms with Crippen LogP contribution in [0.4, 0.5) is 0 Å². The van der Waals surface area contributed by atoms with Crippen molar-refractivity contribution in [3.8, 4) is 0 Å². The number of carbonyl (C=O) groups excluding carboxylic acids is 1. The molecular weight excluding hydrogens is 130 g/mol. The second-order valence-electron chi connectivity index (χ2n) is 2.81. The molecule has 0 bridgehead atoms. The highest BCUT2D eigenvalue weighted by Gasteiger charge is 2.25. The molecule has 0 saturated heterocycles. The molecule has 1 rings (SSSR count). The molecule has 0 aromatic heterocycles. The first kappa shape index (κ1) is 7.54. The van der Waals surface area contributed by atoms with Crippen molar-refractivity contribution in [2.75, 3.05) is 0 Å². The molecule has 0 aromatic rings. The third kappa shape index (κ3) is 1.70.